The number of carbonyl (C=O) groups is 2. The fourth-order valence-electron chi connectivity index (χ4n) is 3.77. The molecular weight excluding hydrogens is 387 g/mol. The molecule has 0 unspecified atom stereocenters. The van der Waals surface area contributed by atoms with Gasteiger partial charge in [0.1, 0.15) is 17.2 Å². The van der Waals surface area contributed by atoms with E-state index in [4.69, 9.17) is 4.74 Å². The van der Waals surface area contributed by atoms with E-state index in [2.05, 4.69) is 9.88 Å². The summed E-state index contributed by atoms with van der Waals surface area (Å²) in [5, 5.41) is 0. The van der Waals surface area contributed by atoms with Crippen molar-refractivity contribution in [2.75, 3.05) is 42.5 Å². The van der Waals surface area contributed by atoms with E-state index < -0.39 is 17.5 Å². The molecule has 4 rings (SSSR count). The molecular formula is C22H25FN4O3. The van der Waals surface area contributed by atoms with Crippen molar-refractivity contribution in [3.05, 3.63) is 53.5 Å². The third kappa shape index (κ3) is 3.94. The second kappa shape index (κ2) is 7.59. The van der Waals surface area contributed by atoms with Gasteiger partial charge in [0, 0.05) is 32.4 Å². The second-order valence-corrected chi connectivity index (χ2v) is 8.35. The fraction of sp³-hybridized carbons (Fsp3) is 0.409. The predicted octanol–water partition coefficient (Wildman–Crippen LogP) is 3.23. The summed E-state index contributed by atoms with van der Waals surface area (Å²) in [5.74, 6) is -0.110. The maximum Gasteiger partial charge on any atom is 0.415 e. The van der Waals surface area contributed by atoms with Crippen LogP contribution in [0.1, 0.15) is 29.8 Å². The van der Waals surface area contributed by atoms with Gasteiger partial charge in [-0.3, -0.25) is 9.69 Å². The monoisotopic (exact) mass is 412 g/mol. The molecule has 30 heavy (non-hydrogen) atoms. The van der Waals surface area contributed by atoms with E-state index in [-0.39, 0.29) is 11.5 Å². The topological polar surface area (TPSA) is 66.0 Å². The van der Waals surface area contributed by atoms with Crippen LogP contribution >= 0.6 is 0 Å². The van der Waals surface area contributed by atoms with Gasteiger partial charge in [-0.2, -0.15) is 0 Å². The highest BCUT2D eigenvalue weighted by atomic mass is 19.1. The summed E-state index contributed by atoms with van der Waals surface area (Å²) in [6, 6.07) is 8.23. The molecule has 2 saturated heterocycles. The minimum atomic E-state index is -0.641. The number of hydrogen-bond donors (Lipinski definition) is 0. The van der Waals surface area contributed by atoms with Gasteiger partial charge in [0.25, 0.3) is 5.91 Å². The van der Waals surface area contributed by atoms with Gasteiger partial charge in [-0.25, -0.2) is 14.2 Å². The highest BCUT2D eigenvalue weighted by Crippen LogP contribution is 2.29. The second-order valence-electron chi connectivity index (χ2n) is 8.35. The Bertz CT molecular complexity index is 969. The number of carbonyl (C=O) groups excluding carboxylic acids is 2. The minimum Gasteiger partial charge on any atom is -0.441 e. The molecule has 1 aromatic carbocycles. The SMILES string of the molecule is Cc1ccc(N2CCN(C(=O)c3ccc(N4CC(C)(C)OC4=O)cc3F)CC2)nc1. The Morgan fingerprint density at radius 2 is 1.87 bits per heavy atom. The number of aromatic nitrogens is 1. The molecule has 0 saturated carbocycles. The van der Waals surface area contributed by atoms with Crippen LogP contribution in [0.2, 0.25) is 0 Å². The van der Waals surface area contributed by atoms with Gasteiger partial charge in [-0.1, -0.05) is 6.07 Å². The third-order valence-electron chi connectivity index (χ3n) is 5.40. The van der Waals surface area contributed by atoms with Crippen LogP contribution in [0.4, 0.5) is 20.7 Å². The van der Waals surface area contributed by atoms with Crippen molar-refractivity contribution in [3.63, 3.8) is 0 Å². The molecule has 0 atom stereocenters. The molecule has 2 aliphatic heterocycles. The summed E-state index contributed by atoms with van der Waals surface area (Å²) >= 11 is 0. The molecule has 0 aliphatic carbocycles. The number of cyclic esters (lactones) is 1. The number of pyridine rings is 1. The zero-order valence-electron chi connectivity index (χ0n) is 17.4. The Kier molecular flexibility index (Phi) is 5.09. The Hall–Kier alpha value is -3.16. The predicted molar refractivity (Wildman–Crippen MR) is 111 cm³/mol. The van der Waals surface area contributed by atoms with Gasteiger partial charge in [0.15, 0.2) is 0 Å². The van der Waals surface area contributed by atoms with Crippen LogP contribution < -0.4 is 9.80 Å². The highest BCUT2D eigenvalue weighted by Gasteiger charge is 2.38. The van der Waals surface area contributed by atoms with Gasteiger partial charge in [-0.05, 0) is 50.6 Å². The summed E-state index contributed by atoms with van der Waals surface area (Å²) in [6.07, 6.45) is 1.31. The summed E-state index contributed by atoms with van der Waals surface area (Å²) in [6.45, 7) is 8.15. The quantitative estimate of drug-likeness (QED) is 0.775. The van der Waals surface area contributed by atoms with Crippen LogP contribution in [0.25, 0.3) is 0 Å². The van der Waals surface area contributed by atoms with Crippen LogP contribution in [0, 0.1) is 12.7 Å². The number of anilines is 2. The first-order chi connectivity index (χ1) is 14.2. The average Bonchev–Trinajstić information content (AvgIpc) is 3.00. The number of halogens is 1. The summed E-state index contributed by atoms with van der Waals surface area (Å²) in [7, 11) is 0. The van der Waals surface area contributed by atoms with Gasteiger partial charge in [0.2, 0.25) is 0 Å². The molecule has 158 valence electrons. The molecule has 7 nitrogen and oxygen atoms in total. The van der Waals surface area contributed by atoms with E-state index in [0.29, 0.717) is 38.4 Å². The van der Waals surface area contributed by atoms with Gasteiger partial charge >= 0.3 is 6.09 Å². The van der Waals surface area contributed by atoms with Crippen molar-refractivity contribution in [2.45, 2.75) is 26.4 Å². The molecule has 2 aliphatic rings. The molecule has 2 amide bonds. The van der Waals surface area contributed by atoms with Crippen molar-refractivity contribution in [1.29, 1.82) is 0 Å². The molecule has 3 heterocycles. The van der Waals surface area contributed by atoms with Crippen molar-refractivity contribution < 1.29 is 18.7 Å². The van der Waals surface area contributed by atoms with Crippen LogP contribution in [0.5, 0.6) is 0 Å². The van der Waals surface area contributed by atoms with E-state index in [1.54, 1.807) is 24.8 Å². The number of hydrogen-bond acceptors (Lipinski definition) is 5. The maximum atomic E-state index is 14.8. The van der Waals surface area contributed by atoms with Crippen molar-refractivity contribution in [3.8, 4) is 0 Å². The van der Waals surface area contributed by atoms with Crippen molar-refractivity contribution in [2.24, 2.45) is 0 Å². The van der Waals surface area contributed by atoms with E-state index in [9.17, 15) is 14.0 Å². The van der Waals surface area contributed by atoms with E-state index in [1.165, 1.54) is 17.0 Å². The molecule has 0 N–H and O–H groups in total. The Labute approximate surface area is 175 Å². The Morgan fingerprint density at radius 3 is 2.43 bits per heavy atom. The molecule has 1 aromatic heterocycles. The molecule has 8 heteroatoms. The number of aryl methyl sites for hydroxylation is 1. The fourth-order valence-corrected chi connectivity index (χ4v) is 3.77. The van der Waals surface area contributed by atoms with Crippen LogP contribution in [-0.2, 0) is 4.74 Å². The third-order valence-corrected chi connectivity index (χ3v) is 5.40. The van der Waals surface area contributed by atoms with Crippen LogP contribution in [0.3, 0.4) is 0 Å². The first-order valence-corrected chi connectivity index (χ1v) is 10.0. The van der Waals surface area contributed by atoms with Crippen LogP contribution in [-0.4, -0.2) is 60.2 Å². The number of amides is 2. The summed E-state index contributed by atoms with van der Waals surface area (Å²) in [5.41, 5.74) is 0.855. The zero-order valence-corrected chi connectivity index (χ0v) is 17.4. The van der Waals surface area contributed by atoms with Gasteiger partial charge in [0.05, 0.1) is 17.8 Å². The van der Waals surface area contributed by atoms with E-state index in [0.717, 1.165) is 11.4 Å². The number of rotatable bonds is 3. The lowest BCUT2D eigenvalue weighted by molar-refractivity contribution is 0.0741. The van der Waals surface area contributed by atoms with E-state index in [1.807, 2.05) is 25.3 Å². The lowest BCUT2D eigenvalue weighted by Crippen LogP contribution is -2.49. The first-order valence-electron chi connectivity index (χ1n) is 10.0. The van der Waals surface area contributed by atoms with Crippen LogP contribution in [0.15, 0.2) is 36.5 Å². The first kappa shape index (κ1) is 20.1. The minimum absolute atomic E-state index is 0.00693. The Balaban J connectivity index is 1.43. The standard InChI is InChI=1S/C22H25FN4O3/c1-15-4-7-19(24-13-15)25-8-10-26(11-9-25)20(28)17-6-5-16(12-18(17)23)27-14-22(2,3)30-21(27)29/h4-7,12-13H,8-11,14H2,1-3H3. The largest absolute Gasteiger partial charge is 0.441 e. The average molecular weight is 412 g/mol. The van der Waals surface area contributed by atoms with Crippen molar-refractivity contribution >= 4 is 23.5 Å². The summed E-state index contributed by atoms with van der Waals surface area (Å²) in [4.78, 5) is 34.5. The zero-order chi connectivity index (χ0) is 21.5. The number of benzene rings is 1. The molecule has 0 radical (unpaired) electrons. The maximum absolute atomic E-state index is 14.8. The van der Waals surface area contributed by atoms with Gasteiger partial charge in [-0.15, -0.1) is 0 Å². The molecule has 2 fully saturated rings. The Morgan fingerprint density at radius 1 is 1.13 bits per heavy atom. The molecule has 2 aromatic rings. The van der Waals surface area contributed by atoms with E-state index >= 15 is 0 Å². The number of piperazine rings is 1. The summed E-state index contributed by atoms with van der Waals surface area (Å²) < 4.78 is 20.0. The lowest BCUT2D eigenvalue weighted by Gasteiger charge is -2.35. The number of nitrogens with zero attached hydrogens (tertiary/aromatic N) is 4. The molecule has 0 spiro atoms. The van der Waals surface area contributed by atoms with Crippen molar-refractivity contribution in [1.82, 2.24) is 9.88 Å². The lowest BCUT2D eigenvalue weighted by atomic mass is 10.1. The number of ether oxygens (including phenoxy) is 1. The normalized spacial score (nSPS) is 18.5. The van der Waals surface area contributed by atoms with Gasteiger partial charge < -0.3 is 14.5 Å². The highest BCUT2D eigenvalue weighted by molar-refractivity contribution is 5.96. The molecule has 0 bridgehead atoms. The smallest absolute Gasteiger partial charge is 0.415 e.